The van der Waals surface area contributed by atoms with Gasteiger partial charge in [-0.05, 0) is 30.7 Å². The van der Waals surface area contributed by atoms with Crippen molar-refractivity contribution >= 4 is 22.8 Å². The molecule has 4 aromatic rings. The molecule has 0 fully saturated rings. The first-order valence-corrected chi connectivity index (χ1v) is 8.88. The van der Waals surface area contributed by atoms with Crippen LogP contribution in [0.25, 0.3) is 11.0 Å². The molecule has 0 aliphatic carbocycles. The van der Waals surface area contributed by atoms with Gasteiger partial charge in [-0.2, -0.15) is 0 Å². The number of amides is 1. The van der Waals surface area contributed by atoms with Crippen LogP contribution in [0.4, 0.5) is 5.95 Å². The van der Waals surface area contributed by atoms with E-state index in [9.17, 15) is 9.59 Å². The number of aryl methyl sites for hydroxylation is 1. The average molecular weight is 369 g/mol. The molecule has 136 valence electrons. The molecule has 1 aliphatic rings. The number of benzene rings is 2. The molecule has 1 amide bonds. The SMILES string of the molecule is Cc1ccc2oc3c(c(=O)c2c1)C(c1ccccc1)N(c1ncccn1)C3=O. The van der Waals surface area contributed by atoms with Crippen LogP contribution in [0.15, 0.2) is 76.2 Å². The van der Waals surface area contributed by atoms with E-state index in [1.54, 1.807) is 30.6 Å². The van der Waals surface area contributed by atoms with Crippen LogP contribution in [0.5, 0.6) is 0 Å². The predicted octanol–water partition coefficient (Wildman–Crippen LogP) is 3.64. The number of anilines is 1. The summed E-state index contributed by atoms with van der Waals surface area (Å²) in [5, 5.41) is 0.461. The fourth-order valence-electron chi connectivity index (χ4n) is 3.66. The number of hydrogen-bond donors (Lipinski definition) is 0. The van der Waals surface area contributed by atoms with Gasteiger partial charge in [0.15, 0.2) is 5.43 Å². The summed E-state index contributed by atoms with van der Waals surface area (Å²) < 4.78 is 5.91. The molecule has 3 heterocycles. The second kappa shape index (κ2) is 6.13. The summed E-state index contributed by atoms with van der Waals surface area (Å²) in [5.41, 5.74) is 2.25. The van der Waals surface area contributed by atoms with Crippen molar-refractivity contribution in [1.82, 2.24) is 9.97 Å². The minimum Gasteiger partial charge on any atom is -0.450 e. The van der Waals surface area contributed by atoms with E-state index in [4.69, 9.17) is 4.42 Å². The molecule has 1 aliphatic heterocycles. The molecular formula is C22H15N3O3. The van der Waals surface area contributed by atoms with Crippen LogP contribution in [0.1, 0.15) is 33.3 Å². The topological polar surface area (TPSA) is 76.3 Å². The Morgan fingerprint density at radius 3 is 2.46 bits per heavy atom. The van der Waals surface area contributed by atoms with Gasteiger partial charge in [0, 0.05) is 12.4 Å². The molecule has 28 heavy (non-hydrogen) atoms. The quantitative estimate of drug-likeness (QED) is 0.539. The zero-order chi connectivity index (χ0) is 19.3. The van der Waals surface area contributed by atoms with Gasteiger partial charge in [-0.1, -0.05) is 42.0 Å². The van der Waals surface area contributed by atoms with Crippen molar-refractivity contribution in [3.63, 3.8) is 0 Å². The molecule has 0 bridgehead atoms. The van der Waals surface area contributed by atoms with Gasteiger partial charge < -0.3 is 4.42 Å². The van der Waals surface area contributed by atoms with Gasteiger partial charge in [0.1, 0.15) is 5.58 Å². The van der Waals surface area contributed by atoms with Crippen molar-refractivity contribution < 1.29 is 9.21 Å². The highest BCUT2D eigenvalue weighted by Crippen LogP contribution is 2.39. The van der Waals surface area contributed by atoms with Gasteiger partial charge in [0.2, 0.25) is 11.7 Å². The first-order valence-electron chi connectivity index (χ1n) is 8.88. The van der Waals surface area contributed by atoms with E-state index in [-0.39, 0.29) is 17.1 Å². The van der Waals surface area contributed by atoms with Crippen LogP contribution in [0.2, 0.25) is 0 Å². The molecule has 6 nitrogen and oxygen atoms in total. The molecule has 0 saturated carbocycles. The van der Waals surface area contributed by atoms with Crippen LogP contribution in [-0.4, -0.2) is 15.9 Å². The van der Waals surface area contributed by atoms with Crippen LogP contribution in [-0.2, 0) is 0 Å². The Morgan fingerprint density at radius 1 is 0.964 bits per heavy atom. The summed E-state index contributed by atoms with van der Waals surface area (Å²) in [6.07, 6.45) is 3.13. The van der Waals surface area contributed by atoms with Crippen molar-refractivity contribution in [2.75, 3.05) is 4.90 Å². The first kappa shape index (κ1) is 16.4. The average Bonchev–Trinajstić information content (AvgIpc) is 3.03. The molecule has 2 aromatic carbocycles. The third kappa shape index (κ3) is 2.35. The maximum atomic E-state index is 13.4. The van der Waals surface area contributed by atoms with E-state index in [1.165, 1.54) is 4.90 Å². The van der Waals surface area contributed by atoms with Gasteiger partial charge >= 0.3 is 0 Å². The van der Waals surface area contributed by atoms with Crippen molar-refractivity contribution in [1.29, 1.82) is 0 Å². The van der Waals surface area contributed by atoms with E-state index >= 15 is 0 Å². The first-order chi connectivity index (χ1) is 13.6. The van der Waals surface area contributed by atoms with Crippen molar-refractivity contribution in [3.8, 4) is 0 Å². The molecule has 1 atom stereocenters. The van der Waals surface area contributed by atoms with Crippen molar-refractivity contribution in [3.05, 3.63) is 99.7 Å². The Balaban J connectivity index is 1.84. The lowest BCUT2D eigenvalue weighted by Gasteiger charge is -2.22. The summed E-state index contributed by atoms with van der Waals surface area (Å²) in [6.45, 7) is 1.91. The zero-order valence-electron chi connectivity index (χ0n) is 15.0. The Labute approximate surface area is 160 Å². The molecule has 2 aromatic heterocycles. The fourth-order valence-corrected chi connectivity index (χ4v) is 3.66. The van der Waals surface area contributed by atoms with Crippen LogP contribution < -0.4 is 10.3 Å². The van der Waals surface area contributed by atoms with Crippen molar-refractivity contribution in [2.45, 2.75) is 13.0 Å². The Hall–Kier alpha value is -3.80. The number of rotatable bonds is 2. The highest BCUT2D eigenvalue weighted by atomic mass is 16.3. The van der Waals surface area contributed by atoms with Crippen LogP contribution in [0, 0.1) is 6.92 Å². The van der Waals surface area contributed by atoms with E-state index < -0.39 is 11.9 Å². The smallest absolute Gasteiger partial charge is 0.297 e. The minimum absolute atomic E-state index is 0.0441. The molecule has 1 unspecified atom stereocenters. The van der Waals surface area contributed by atoms with Gasteiger partial charge in [-0.15, -0.1) is 0 Å². The molecule has 6 heteroatoms. The molecule has 0 saturated heterocycles. The highest BCUT2D eigenvalue weighted by Gasteiger charge is 2.44. The van der Waals surface area contributed by atoms with E-state index in [1.807, 2.05) is 43.3 Å². The summed E-state index contributed by atoms with van der Waals surface area (Å²) in [4.78, 5) is 36.6. The summed E-state index contributed by atoms with van der Waals surface area (Å²) >= 11 is 0. The van der Waals surface area contributed by atoms with Crippen LogP contribution >= 0.6 is 0 Å². The molecule has 0 radical (unpaired) electrons. The van der Waals surface area contributed by atoms with Crippen LogP contribution in [0.3, 0.4) is 0 Å². The lowest BCUT2D eigenvalue weighted by molar-refractivity contribution is 0.0969. The minimum atomic E-state index is -0.646. The number of carbonyl (C=O) groups is 1. The Kier molecular flexibility index (Phi) is 3.58. The number of nitrogens with zero attached hydrogens (tertiary/aromatic N) is 3. The molecule has 5 rings (SSSR count). The standard InChI is InChI=1S/C22H15N3O3/c1-13-8-9-16-15(12-13)19(26)17-18(14-6-3-2-4-7-14)25(21(27)20(17)28-16)22-23-10-5-11-24-22/h2-12,18H,1H3. The number of carbonyl (C=O) groups excluding carboxylic acids is 1. The monoisotopic (exact) mass is 369 g/mol. The summed E-state index contributed by atoms with van der Waals surface area (Å²) in [7, 11) is 0. The number of hydrogen-bond acceptors (Lipinski definition) is 5. The van der Waals surface area contributed by atoms with Gasteiger partial charge in [-0.3, -0.25) is 14.5 Å². The summed E-state index contributed by atoms with van der Waals surface area (Å²) in [6, 6.07) is 15.8. The lowest BCUT2D eigenvalue weighted by atomic mass is 9.98. The number of aromatic nitrogens is 2. The van der Waals surface area contributed by atoms with E-state index in [0.717, 1.165) is 11.1 Å². The summed E-state index contributed by atoms with van der Waals surface area (Å²) in [5.74, 6) is -0.148. The van der Waals surface area contributed by atoms with Crippen molar-refractivity contribution in [2.24, 2.45) is 0 Å². The second-order valence-electron chi connectivity index (χ2n) is 6.71. The third-order valence-electron chi connectivity index (χ3n) is 4.91. The third-order valence-corrected chi connectivity index (χ3v) is 4.91. The Bertz CT molecular complexity index is 1270. The zero-order valence-corrected chi connectivity index (χ0v) is 15.0. The van der Waals surface area contributed by atoms with Gasteiger partial charge in [0.25, 0.3) is 5.91 Å². The highest BCUT2D eigenvalue weighted by molar-refractivity contribution is 6.09. The maximum Gasteiger partial charge on any atom is 0.297 e. The lowest BCUT2D eigenvalue weighted by Crippen LogP contribution is -2.31. The van der Waals surface area contributed by atoms with E-state index in [2.05, 4.69) is 9.97 Å². The molecule has 0 spiro atoms. The predicted molar refractivity (Wildman–Crippen MR) is 104 cm³/mol. The maximum absolute atomic E-state index is 13.4. The van der Waals surface area contributed by atoms with Gasteiger partial charge in [0.05, 0.1) is 17.0 Å². The van der Waals surface area contributed by atoms with Gasteiger partial charge in [-0.25, -0.2) is 9.97 Å². The van der Waals surface area contributed by atoms with E-state index in [0.29, 0.717) is 16.5 Å². The fraction of sp³-hybridized carbons (Fsp3) is 0.0909. The molecular weight excluding hydrogens is 354 g/mol. The molecule has 0 N–H and O–H groups in total. The largest absolute Gasteiger partial charge is 0.450 e. The number of fused-ring (bicyclic) bond motifs is 2. The second-order valence-corrected chi connectivity index (χ2v) is 6.71. The Morgan fingerprint density at radius 2 is 1.71 bits per heavy atom. The normalized spacial score (nSPS) is 15.8.